The first kappa shape index (κ1) is 11.3. The zero-order chi connectivity index (χ0) is 9.94. The molecule has 0 rings (SSSR count). The Bertz CT molecular complexity index is 197. The average molecular weight is 171 g/mol. The number of aliphatic hydroxyl groups is 1. The van der Waals surface area contributed by atoms with Crippen molar-refractivity contribution in [2.75, 3.05) is 6.54 Å². The van der Waals surface area contributed by atoms with Crippen molar-refractivity contribution in [2.24, 2.45) is 11.7 Å². The maximum atomic E-state index is 11.2. The Labute approximate surface area is 73.3 Å². The van der Waals surface area contributed by atoms with Crippen molar-refractivity contribution in [2.45, 2.75) is 26.4 Å². The second kappa shape index (κ2) is 3.83. The molecule has 3 N–H and O–H groups in total. The molecule has 2 unspecified atom stereocenters. The van der Waals surface area contributed by atoms with Gasteiger partial charge < -0.3 is 10.8 Å². The minimum Gasteiger partial charge on any atom is -0.382 e. The van der Waals surface area contributed by atoms with Crippen LogP contribution in [-0.2, 0) is 4.79 Å². The van der Waals surface area contributed by atoms with Crippen LogP contribution >= 0.6 is 0 Å². The van der Waals surface area contributed by atoms with Crippen LogP contribution in [0, 0.1) is 5.92 Å². The van der Waals surface area contributed by atoms with Gasteiger partial charge in [-0.2, -0.15) is 0 Å². The van der Waals surface area contributed by atoms with Crippen LogP contribution in [-0.4, -0.2) is 23.0 Å². The third-order valence-electron chi connectivity index (χ3n) is 2.33. The number of carbonyl (C=O) groups is 1. The maximum Gasteiger partial charge on any atom is 0.178 e. The van der Waals surface area contributed by atoms with Crippen LogP contribution in [0.4, 0.5) is 0 Å². The first-order valence-electron chi connectivity index (χ1n) is 3.95. The zero-order valence-corrected chi connectivity index (χ0v) is 7.92. The van der Waals surface area contributed by atoms with Gasteiger partial charge in [-0.1, -0.05) is 19.1 Å². The fourth-order valence-electron chi connectivity index (χ4n) is 0.928. The van der Waals surface area contributed by atoms with E-state index in [0.717, 1.165) is 5.57 Å². The van der Waals surface area contributed by atoms with E-state index in [1.807, 2.05) is 0 Å². The highest BCUT2D eigenvalue weighted by molar-refractivity contribution is 5.88. The number of hydrogen-bond acceptors (Lipinski definition) is 3. The van der Waals surface area contributed by atoms with E-state index in [1.54, 1.807) is 13.8 Å². The van der Waals surface area contributed by atoms with Crippen LogP contribution in [0.3, 0.4) is 0 Å². The van der Waals surface area contributed by atoms with Crippen LogP contribution in [0.15, 0.2) is 12.2 Å². The van der Waals surface area contributed by atoms with Crippen LogP contribution in [0.1, 0.15) is 20.8 Å². The molecule has 0 aromatic carbocycles. The molecule has 70 valence electrons. The normalized spacial score (nSPS) is 18.1. The summed E-state index contributed by atoms with van der Waals surface area (Å²) in [6, 6.07) is 0. The molecule has 0 saturated carbocycles. The van der Waals surface area contributed by atoms with Gasteiger partial charge in [-0.3, -0.25) is 4.79 Å². The molecule has 0 heterocycles. The lowest BCUT2D eigenvalue weighted by molar-refractivity contribution is -0.137. The molecule has 0 aliphatic rings. The van der Waals surface area contributed by atoms with Crippen LogP contribution in [0.2, 0.25) is 0 Å². The summed E-state index contributed by atoms with van der Waals surface area (Å²) >= 11 is 0. The van der Waals surface area contributed by atoms with Gasteiger partial charge in [0.1, 0.15) is 5.60 Å². The van der Waals surface area contributed by atoms with E-state index in [1.165, 1.54) is 6.92 Å². The summed E-state index contributed by atoms with van der Waals surface area (Å²) in [4.78, 5) is 11.2. The van der Waals surface area contributed by atoms with Gasteiger partial charge >= 0.3 is 0 Å². The fraction of sp³-hybridized carbons (Fsp3) is 0.667. The highest BCUT2D eigenvalue weighted by atomic mass is 16.3. The Morgan fingerprint density at radius 3 is 2.42 bits per heavy atom. The van der Waals surface area contributed by atoms with E-state index in [-0.39, 0.29) is 18.2 Å². The van der Waals surface area contributed by atoms with Crippen molar-refractivity contribution in [3.05, 3.63) is 12.2 Å². The van der Waals surface area contributed by atoms with Gasteiger partial charge in [-0.05, 0) is 13.8 Å². The van der Waals surface area contributed by atoms with Crippen molar-refractivity contribution >= 4 is 5.78 Å². The third-order valence-corrected chi connectivity index (χ3v) is 2.33. The SMILES string of the molecule is C=C(C)C(C)C(C)(O)C(=O)CN. The maximum absolute atomic E-state index is 11.2. The lowest BCUT2D eigenvalue weighted by Gasteiger charge is -2.28. The van der Waals surface area contributed by atoms with Gasteiger partial charge in [0.2, 0.25) is 0 Å². The van der Waals surface area contributed by atoms with Gasteiger partial charge in [-0.25, -0.2) is 0 Å². The second-order valence-electron chi connectivity index (χ2n) is 3.34. The first-order chi connectivity index (χ1) is 5.34. The minimum atomic E-state index is -1.37. The first-order valence-corrected chi connectivity index (χ1v) is 3.95. The molecular formula is C9H17NO2. The third kappa shape index (κ3) is 2.16. The number of nitrogens with two attached hydrogens (primary N) is 1. The van der Waals surface area contributed by atoms with Gasteiger partial charge in [0.25, 0.3) is 0 Å². The number of ketones is 1. The van der Waals surface area contributed by atoms with E-state index in [4.69, 9.17) is 5.73 Å². The summed E-state index contributed by atoms with van der Waals surface area (Å²) in [6.45, 7) is 8.56. The number of hydrogen-bond donors (Lipinski definition) is 2. The van der Waals surface area contributed by atoms with Crippen molar-refractivity contribution in [3.63, 3.8) is 0 Å². The molecule has 3 heteroatoms. The van der Waals surface area contributed by atoms with E-state index in [0.29, 0.717) is 0 Å². The molecule has 0 bridgehead atoms. The quantitative estimate of drug-likeness (QED) is 0.605. The number of carbonyl (C=O) groups excluding carboxylic acids is 1. The molecule has 0 aromatic rings. The van der Waals surface area contributed by atoms with Gasteiger partial charge in [-0.15, -0.1) is 0 Å². The molecule has 0 fully saturated rings. The summed E-state index contributed by atoms with van der Waals surface area (Å²) in [7, 11) is 0. The van der Waals surface area contributed by atoms with Crippen LogP contribution in [0.25, 0.3) is 0 Å². The second-order valence-corrected chi connectivity index (χ2v) is 3.34. The molecular weight excluding hydrogens is 154 g/mol. The minimum absolute atomic E-state index is 0.134. The molecule has 3 nitrogen and oxygen atoms in total. The van der Waals surface area contributed by atoms with Crippen molar-refractivity contribution in [1.82, 2.24) is 0 Å². The Morgan fingerprint density at radius 2 is 2.17 bits per heavy atom. The van der Waals surface area contributed by atoms with Gasteiger partial charge in [0, 0.05) is 5.92 Å². The molecule has 0 aliphatic heterocycles. The lowest BCUT2D eigenvalue weighted by atomic mass is 9.83. The van der Waals surface area contributed by atoms with E-state index < -0.39 is 5.60 Å². The predicted octanol–water partition coefficient (Wildman–Crippen LogP) is 0.477. The Kier molecular flexibility index (Phi) is 3.61. The summed E-state index contributed by atoms with van der Waals surface area (Å²) in [5.74, 6) is -0.605. The summed E-state index contributed by atoms with van der Waals surface area (Å²) in [6.07, 6.45) is 0. The topological polar surface area (TPSA) is 63.3 Å². The van der Waals surface area contributed by atoms with Crippen LogP contribution in [0.5, 0.6) is 0 Å². The molecule has 0 radical (unpaired) electrons. The number of Topliss-reactive ketones (excluding diaryl/α,β-unsaturated/α-hetero) is 1. The largest absolute Gasteiger partial charge is 0.382 e. The molecule has 0 aromatic heterocycles. The fourth-order valence-corrected chi connectivity index (χ4v) is 0.928. The highest BCUT2D eigenvalue weighted by Crippen LogP contribution is 2.23. The van der Waals surface area contributed by atoms with E-state index >= 15 is 0 Å². The van der Waals surface area contributed by atoms with Gasteiger partial charge in [0.05, 0.1) is 6.54 Å². The van der Waals surface area contributed by atoms with Gasteiger partial charge in [0.15, 0.2) is 5.78 Å². The molecule has 2 atom stereocenters. The summed E-state index contributed by atoms with van der Waals surface area (Å²) < 4.78 is 0. The van der Waals surface area contributed by atoms with Crippen molar-refractivity contribution in [1.29, 1.82) is 0 Å². The van der Waals surface area contributed by atoms with E-state index in [2.05, 4.69) is 6.58 Å². The Balaban J connectivity index is 4.60. The standard InChI is InChI=1S/C9H17NO2/c1-6(2)7(3)9(4,12)8(11)5-10/h7,12H,1,5,10H2,2-4H3. The van der Waals surface area contributed by atoms with E-state index in [9.17, 15) is 9.90 Å². The van der Waals surface area contributed by atoms with Crippen molar-refractivity contribution in [3.8, 4) is 0 Å². The number of rotatable bonds is 4. The highest BCUT2D eigenvalue weighted by Gasteiger charge is 2.35. The molecule has 0 spiro atoms. The average Bonchev–Trinajstić information content (AvgIpc) is 2.01. The van der Waals surface area contributed by atoms with Crippen molar-refractivity contribution < 1.29 is 9.90 Å². The molecule has 0 amide bonds. The van der Waals surface area contributed by atoms with Crippen LogP contribution < -0.4 is 5.73 Å². The molecule has 0 saturated heterocycles. The Morgan fingerprint density at radius 1 is 1.75 bits per heavy atom. The lowest BCUT2D eigenvalue weighted by Crippen LogP contribution is -2.45. The summed E-state index contributed by atoms with van der Waals surface area (Å²) in [5, 5.41) is 9.73. The zero-order valence-electron chi connectivity index (χ0n) is 7.92. The smallest absolute Gasteiger partial charge is 0.178 e. The monoisotopic (exact) mass is 171 g/mol. The summed E-state index contributed by atoms with van der Waals surface area (Å²) in [5.41, 5.74) is 4.56. The molecule has 12 heavy (non-hydrogen) atoms. The molecule has 0 aliphatic carbocycles. The predicted molar refractivity (Wildman–Crippen MR) is 48.7 cm³/mol. The Hall–Kier alpha value is -0.670.